The topological polar surface area (TPSA) is 74.6 Å². The predicted molar refractivity (Wildman–Crippen MR) is 91.1 cm³/mol. The summed E-state index contributed by atoms with van der Waals surface area (Å²) >= 11 is 0. The average molecular weight is 376 g/mol. The molecule has 0 radical (unpaired) electrons. The highest BCUT2D eigenvalue weighted by molar-refractivity contribution is 5.79. The monoisotopic (exact) mass is 376 g/mol. The zero-order valence-corrected chi connectivity index (χ0v) is 14.0. The van der Waals surface area contributed by atoms with Crippen LogP contribution in [0.3, 0.4) is 0 Å². The summed E-state index contributed by atoms with van der Waals surface area (Å²) in [6, 6.07) is 10.2. The van der Waals surface area contributed by atoms with Crippen LogP contribution in [0.4, 0.5) is 24.8 Å². The van der Waals surface area contributed by atoms with Crippen LogP contribution < -0.4 is 10.6 Å². The summed E-state index contributed by atoms with van der Waals surface area (Å²) in [6.07, 6.45) is -4.37. The van der Waals surface area contributed by atoms with Crippen LogP contribution in [0.5, 0.6) is 0 Å². The van der Waals surface area contributed by atoms with Crippen LogP contribution >= 0.6 is 0 Å². The number of pyridine rings is 1. The molecule has 2 N–H and O–H groups in total. The third kappa shape index (κ3) is 3.70. The maximum atomic E-state index is 12.6. The van der Waals surface area contributed by atoms with E-state index in [1.807, 2.05) is 17.0 Å². The predicted octanol–water partition coefficient (Wildman–Crippen LogP) is 2.38. The summed E-state index contributed by atoms with van der Waals surface area (Å²) in [6.45, 7) is 1.31. The van der Waals surface area contributed by atoms with Gasteiger partial charge in [-0.25, -0.2) is 4.52 Å². The van der Waals surface area contributed by atoms with Crippen molar-refractivity contribution in [3.05, 3.63) is 53.7 Å². The van der Waals surface area contributed by atoms with E-state index in [9.17, 15) is 18.0 Å². The highest BCUT2D eigenvalue weighted by atomic mass is 19.4. The maximum absolute atomic E-state index is 12.6. The van der Waals surface area contributed by atoms with Gasteiger partial charge in [0.05, 0.1) is 24.5 Å². The Morgan fingerprint density at radius 3 is 2.59 bits per heavy atom. The highest BCUT2D eigenvalue weighted by Gasteiger charge is 2.30. The van der Waals surface area contributed by atoms with Crippen molar-refractivity contribution in [2.75, 3.05) is 18.5 Å². The molecule has 0 saturated carbocycles. The van der Waals surface area contributed by atoms with Gasteiger partial charge in [0.15, 0.2) is 5.65 Å². The molecule has 3 aromatic rings. The molecule has 1 saturated heterocycles. The van der Waals surface area contributed by atoms with Gasteiger partial charge in [0, 0.05) is 12.2 Å². The van der Waals surface area contributed by atoms with E-state index in [0.29, 0.717) is 31.1 Å². The molecule has 1 aliphatic rings. The molecule has 0 bridgehead atoms. The van der Waals surface area contributed by atoms with Gasteiger partial charge in [0.25, 0.3) is 0 Å². The number of alkyl halides is 3. The van der Waals surface area contributed by atoms with Gasteiger partial charge in [-0.05, 0) is 36.4 Å². The number of amides is 1. The minimum absolute atomic E-state index is 0.0228. The molecule has 1 fully saturated rings. The first-order chi connectivity index (χ1) is 12.9. The molecule has 0 unspecified atom stereocenters. The summed E-state index contributed by atoms with van der Waals surface area (Å²) in [4.78, 5) is 17.6. The Kier molecular flexibility index (Phi) is 4.19. The number of anilines is 2. The summed E-state index contributed by atoms with van der Waals surface area (Å²) in [7, 11) is 0. The standard InChI is InChI=1S/C17H15F3N6O/c18-17(19,20)11-4-6-12(7-5-11)22-16-23-14-3-1-2-13(26(14)24-16)8-25-9-15(27)21-10-25/h1-7H,8-10H2,(H,21,27)(H,22,24). The fourth-order valence-electron chi connectivity index (χ4n) is 2.86. The van der Waals surface area contributed by atoms with E-state index in [1.54, 1.807) is 10.6 Å². The molecule has 1 aromatic carbocycles. The summed E-state index contributed by atoms with van der Waals surface area (Å²) in [5.41, 5.74) is 1.18. The van der Waals surface area contributed by atoms with Gasteiger partial charge in [0.2, 0.25) is 11.9 Å². The van der Waals surface area contributed by atoms with Crippen molar-refractivity contribution < 1.29 is 18.0 Å². The van der Waals surface area contributed by atoms with Gasteiger partial charge >= 0.3 is 6.18 Å². The van der Waals surface area contributed by atoms with Crippen molar-refractivity contribution in [2.45, 2.75) is 12.7 Å². The Morgan fingerprint density at radius 1 is 1.15 bits per heavy atom. The first-order valence-electron chi connectivity index (χ1n) is 8.16. The minimum Gasteiger partial charge on any atom is -0.342 e. The second-order valence-electron chi connectivity index (χ2n) is 6.17. The number of nitrogens with zero attached hydrogens (tertiary/aromatic N) is 4. The molecular weight excluding hydrogens is 361 g/mol. The van der Waals surface area contributed by atoms with Crippen LogP contribution in [0.1, 0.15) is 11.3 Å². The summed E-state index contributed by atoms with van der Waals surface area (Å²) < 4.78 is 39.6. The molecule has 10 heteroatoms. The van der Waals surface area contributed by atoms with Gasteiger partial charge in [-0.2, -0.15) is 18.2 Å². The van der Waals surface area contributed by atoms with Crippen molar-refractivity contribution in [3.8, 4) is 0 Å². The highest BCUT2D eigenvalue weighted by Crippen LogP contribution is 2.30. The van der Waals surface area contributed by atoms with E-state index >= 15 is 0 Å². The number of benzene rings is 1. The second kappa shape index (κ2) is 6.54. The lowest BCUT2D eigenvalue weighted by Gasteiger charge is -2.12. The normalized spacial score (nSPS) is 15.3. The van der Waals surface area contributed by atoms with Crippen LogP contribution in [0.2, 0.25) is 0 Å². The van der Waals surface area contributed by atoms with E-state index in [1.165, 1.54) is 12.1 Å². The molecule has 0 atom stereocenters. The SMILES string of the molecule is O=C1CN(Cc2cccc3nc(Nc4ccc(C(F)(F)F)cc4)nn23)CN1. The first kappa shape index (κ1) is 17.3. The number of halogens is 3. The summed E-state index contributed by atoms with van der Waals surface area (Å²) in [5.74, 6) is 0.253. The Bertz CT molecular complexity index is 982. The summed E-state index contributed by atoms with van der Waals surface area (Å²) in [5, 5.41) is 10.0. The van der Waals surface area contributed by atoms with Crippen molar-refractivity contribution in [1.29, 1.82) is 0 Å². The Balaban J connectivity index is 1.55. The number of fused-ring (bicyclic) bond motifs is 1. The molecular formula is C17H15F3N6O. The number of nitrogens with one attached hydrogen (secondary N) is 2. The van der Waals surface area contributed by atoms with Crippen LogP contribution in [-0.4, -0.2) is 38.6 Å². The molecule has 4 rings (SSSR count). The molecule has 2 aromatic heterocycles. The van der Waals surface area contributed by atoms with Crippen LogP contribution in [0, 0.1) is 0 Å². The number of hydrogen-bond acceptors (Lipinski definition) is 5. The van der Waals surface area contributed by atoms with Gasteiger partial charge < -0.3 is 10.6 Å². The number of aromatic nitrogens is 3. The van der Waals surface area contributed by atoms with Crippen LogP contribution in [0.15, 0.2) is 42.5 Å². The molecule has 1 aliphatic heterocycles. The van der Waals surface area contributed by atoms with Gasteiger partial charge in [-0.1, -0.05) is 6.07 Å². The van der Waals surface area contributed by atoms with Crippen molar-refractivity contribution in [2.24, 2.45) is 0 Å². The third-order valence-corrected chi connectivity index (χ3v) is 4.16. The number of rotatable bonds is 4. The Hall–Kier alpha value is -3.14. The van der Waals surface area contributed by atoms with E-state index in [2.05, 4.69) is 20.7 Å². The fourth-order valence-corrected chi connectivity index (χ4v) is 2.86. The third-order valence-electron chi connectivity index (χ3n) is 4.16. The molecule has 1 amide bonds. The first-order valence-corrected chi connectivity index (χ1v) is 8.16. The van der Waals surface area contributed by atoms with E-state index in [4.69, 9.17) is 0 Å². The van der Waals surface area contributed by atoms with Crippen molar-refractivity contribution in [3.63, 3.8) is 0 Å². The van der Waals surface area contributed by atoms with Gasteiger partial charge in [0.1, 0.15) is 0 Å². The van der Waals surface area contributed by atoms with Gasteiger partial charge in [-0.3, -0.25) is 9.69 Å². The lowest BCUT2D eigenvalue weighted by molar-refractivity contribution is -0.137. The van der Waals surface area contributed by atoms with Crippen LogP contribution in [0.25, 0.3) is 5.65 Å². The fraction of sp³-hybridized carbons (Fsp3) is 0.235. The molecule has 140 valence electrons. The number of carbonyl (C=O) groups excluding carboxylic acids is 1. The molecule has 3 heterocycles. The van der Waals surface area contributed by atoms with E-state index in [-0.39, 0.29) is 11.9 Å². The smallest absolute Gasteiger partial charge is 0.342 e. The lowest BCUT2D eigenvalue weighted by atomic mass is 10.2. The average Bonchev–Trinajstić information content (AvgIpc) is 3.21. The molecule has 0 aliphatic carbocycles. The quantitative estimate of drug-likeness (QED) is 0.731. The van der Waals surface area contributed by atoms with Crippen LogP contribution in [-0.2, 0) is 17.5 Å². The molecule has 0 spiro atoms. The Labute approximate surface area is 151 Å². The number of carbonyl (C=O) groups is 1. The number of hydrogen-bond donors (Lipinski definition) is 2. The van der Waals surface area contributed by atoms with E-state index in [0.717, 1.165) is 17.8 Å². The largest absolute Gasteiger partial charge is 0.416 e. The minimum atomic E-state index is -4.37. The molecule has 7 nitrogen and oxygen atoms in total. The Morgan fingerprint density at radius 2 is 1.93 bits per heavy atom. The maximum Gasteiger partial charge on any atom is 0.416 e. The van der Waals surface area contributed by atoms with Crippen molar-refractivity contribution in [1.82, 2.24) is 24.8 Å². The molecule has 27 heavy (non-hydrogen) atoms. The van der Waals surface area contributed by atoms with Crippen molar-refractivity contribution >= 4 is 23.2 Å². The second-order valence-corrected chi connectivity index (χ2v) is 6.17. The zero-order chi connectivity index (χ0) is 19.0. The van der Waals surface area contributed by atoms with E-state index < -0.39 is 11.7 Å². The van der Waals surface area contributed by atoms with Gasteiger partial charge in [-0.15, -0.1) is 5.10 Å². The zero-order valence-electron chi connectivity index (χ0n) is 14.0. The lowest BCUT2D eigenvalue weighted by Crippen LogP contribution is -2.22.